The van der Waals surface area contributed by atoms with Gasteiger partial charge in [0.15, 0.2) is 0 Å². The van der Waals surface area contributed by atoms with Crippen molar-refractivity contribution in [2.24, 2.45) is 0 Å². The van der Waals surface area contributed by atoms with E-state index in [2.05, 4.69) is 22.8 Å². The van der Waals surface area contributed by atoms with Crippen LogP contribution >= 0.6 is 11.3 Å². The van der Waals surface area contributed by atoms with Crippen LogP contribution in [0.2, 0.25) is 0 Å². The quantitative estimate of drug-likeness (QED) is 0.612. The fourth-order valence-corrected chi connectivity index (χ4v) is 3.24. The zero-order valence-corrected chi connectivity index (χ0v) is 15.1. The molecule has 2 amide bonds. The van der Waals surface area contributed by atoms with E-state index in [9.17, 15) is 9.59 Å². The first kappa shape index (κ1) is 17.9. The van der Waals surface area contributed by atoms with Gasteiger partial charge in [0.25, 0.3) is 11.8 Å². The van der Waals surface area contributed by atoms with Crippen LogP contribution in [0.25, 0.3) is 0 Å². The highest BCUT2D eigenvalue weighted by Gasteiger charge is 2.14. The first-order valence-corrected chi connectivity index (χ1v) is 9.38. The van der Waals surface area contributed by atoms with Gasteiger partial charge < -0.3 is 10.6 Å². The predicted molar refractivity (Wildman–Crippen MR) is 106 cm³/mol. The average Bonchev–Trinajstić information content (AvgIpc) is 3.21. The number of hydrogen-bond donors (Lipinski definition) is 2. The zero-order valence-electron chi connectivity index (χ0n) is 14.3. The largest absolute Gasteiger partial charge is 0.352 e. The van der Waals surface area contributed by atoms with E-state index in [-0.39, 0.29) is 11.8 Å². The van der Waals surface area contributed by atoms with Crippen molar-refractivity contribution in [3.05, 3.63) is 88.1 Å². The summed E-state index contributed by atoms with van der Waals surface area (Å²) in [4.78, 5) is 25.3. The molecule has 2 N–H and O–H groups in total. The van der Waals surface area contributed by atoms with Crippen molar-refractivity contribution < 1.29 is 9.59 Å². The Kier molecular flexibility index (Phi) is 6.17. The predicted octanol–water partition coefficient (Wildman–Crippen LogP) is 4.36. The Morgan fingerprint density at radius 1 is 0.846 bits per heavy atom. The number of carbonyl (C=O) groups excluding carboxylic acids is 2. The Morgan fingerprint density at radius 2 is 1.62 bits per heavy atom. The van der Waals surface area contributed by atoms with Crippen LogP contribution in [0.1, 0.15) is 32.0 Å². The van der Waals surface area contributed by atoms with Crippen molar-refractivity contribution in [3.63, 3.8) is 0 Å². The normalized spacial score (nSPS) is 10.3. The van der Waals surface area contributed by atoms with Gasteiger partial charge in [0, 0.05) is 6.54 Å². The summed E-state index contributed by atoms with van der Waals surface area (Å²) in [5.41, 5.74) is 2.24. The summed E-state index contributed by atoms with van der Waals surface area (Å²) in [5.74, 6) is -0.385. The molecule has 1 aromatic heterocycles. The summed E-state index contributed by atoms with van der Waals surface area (Å²) in [6.45, 7) is 0.584. The van der Waals surface area contributed by atoms with E-state index < -0.39 is 0 Å². The van der Waals surface area contributed by atoms with Gasteiger partial charge in [0.1, 0.15) is 0 Å². The van der Waals surface area contributed by atoms with Crippen molar-refractivity contribution >= 4 is 28.8 Å². The molecule has 26 heavy (non-hydrogen) atoms. The highest BCUT2D eigenvalue weighted by molar-refractivity contribution is 7.12. The Balaban J connectivity index is 1.56. The number of anilines is 1. The first-order chi connectivity index (χ1) is 12.7. The maximum absolute atomic E-state index is 12.5. The molecule has 0 aliphatic rings. The van der Waals surface area contributed by atoms with E-state index in [1.165, 1.54) is 16.9 Å². The number of benzene rings is 2. The molecule has 132 valence electrons. The number of hydrogen-bond acceptors (Lipinski definition) is 3. The number of para-hydroxylation sites is 1. The van der Waals surface area contributed by atoms with E-state index in [1.54, 1.807) is 30.3 Å². The Bertz CT molecular complexity index is 861. The molecule has 3 rings (SSSR count). The molecule has 2 aromatic carbocycles. The molecule has 0 aliphatic heterocycles. The smallest absolute Gasteiger partial charge is 0.265 e. The van der Waals surface area contributed by atoms with Crippen LogP contribution in [0.4, 0.5) is 5.69 Å². The Labute approximate surface area is 156 Å². The van der Waals surface area contributed by atoms with Crippen molar-refractivity contribution in [2.45, 2.75) is 12.8 Å². The molecule has 0 aliphatic carbocycles. The maximum atomic E-state index is 12.5. The molecule has 3 aromatic rings. The van der Waals surface area contributed by atoms with E-state index in [1.807, 2.05) is 29.6 Å². The molecule has 0 saturated heterocycles. The van der Waals surface area contributed by atoms with Crippen LogP contribution in [0.3, 0.4) is 0 Å². The molecule has 0 fully saturated rings. The highest BCUT2D eigenvalue weighted by atomic mass is 32.1. The molecule has 4 nitrogen and oxygen atoms in total. The second-order valence-electron chi connectivity index (χ2n) is 5.82. The summed E-state index contributed by atoms with van der Waals surface area (Å²) < 4.78 is 0. The topological polar surface area (TPSA) is 58.2 Å². The lowest BCUT2D eigenvalue weighted by Gasteiger charge is -2.11. The van der Waals surface area contributed by atoms with Crippen molar-refractivity contribution in [2.75, 3.05) is 11.9 Å². The maximum Gasteiger partial charge on any atom is 0.265 e. The van der Waals surface area contributed by atoms with Gasteiger partial charge in [-0.3, -0.25) is 9.59 Å². The molecule has 5 heteroatoms. The SMILES string of the molecule is O=C(Nc1ccccc1C(=O)NCCCc1ccccc1)c1cccs1. The number of rotatable bonds is 7. The van der Waals surface area contributed by atoms with Gasteiger partial charge in [-0.25, -0.2) is 0 Å². The van der Waals surface area contributed by atoms with Crippen molar-refractivity contribution in [3.8, 4) is 0 Å². The third-order valence-corrected chi connectivity index (χ3v) is 4.80. The number of amides is 2. The minimum absolute atomic E-state index is 0.180. The van der Waals surface area contributed by atoms with Crippen LogP contribution in [0, 0.1) is 0 Å². The van der Waals surface area contributed by atoms with E-state index in [4.69, 9.17) is 0 Å². The second kappa shape index (κ2) is 8.97. The number of aryl methyl sites for hydroxylation is 1. The van der Waals surface area contributed by atoms with Crippen molar-refractivity contribution in [1.82, 2.24) is 5.32 Å². The lowest BCUT2D eigenvalue weighted by atomic mass is 10.1. The van der Waals surface area contributed by atoms with E-state index in [0.29, 0.717) is 22.7 Å². The van der Waals surface area contributed by atoms with E-state index >= 15 is 0 Å². The summed E-state index contributed by atoms with van der Waals surface area (Å²) in [6, 6.07) is 20.8. The summed E-state index contributed by atoms with van der Waals surface area (Å²) in [5, 5.41) is 7.60. The van der Waals surface area contributed by atoms with E-state index in [0.717, 1.165) is 12.8 Å². The van der Waals surface area contributed by atoms with Crippen molar-refractivity contribution in [1.29, 1.82) is 0 Å². The van der Waals surface area contributed by atoms with Crippen LogP contribution < -0.4 is 10.6 Å². The summed E-state index contributed by atoms with van der Waals surface area (Å²) >= 11 is 1.37. The minimum Gasteiger partial charge on any atom is -0.352 e. The molecule has 0 radical (unpaired) electrons. The first-order valence-electron chi connectivity index (χ1n) is 8.50. The third kappa shape index (κ3) is 4.80. The number of nitrogens with one attached hydrogen (secondary N) is 2. The standard InChI is InChI=1S/C21H20N2O2S/c24-20(22-14-6-10-16-8-2-1-3-9-16)17-11-4-5-12-18(17)23-21(25)19-13-7-15-26-19/h1-5,7-9,11-13,15H,6,10,14H2,(H,22,24)(H,23,25). The van der Waals surface area contributed by atoms with Crippen LogP contribution in [0.5, 0.6) is 0 Å². The second-order valence-corrected chi connectivity index (χ2v) is 6.77. The molecule has 1 heterocycles. The Hall–Kier alpha value is -2.92. The lowest BCUT2D eigenvalue weighted by molar-refractivity contribution is 0.0954. The zero-order chi connectivity index (χ0) is 18.2. The minimum atomic E-state index is -0.204. The lowest BCUT2D eigenvalue weighted by Crippen LogP contribution is -2.26. The van der Waals surface area contributed by atoms with Gasteiger partial charge in [-0.1, -0.05) is 48.5 Å². The van der Waals surface area contributed by atoms with Gasteiger partial charge in [-0.15, -0.1) is 11.3 Å². The van der Waals surface area contributed by atoms with Crippen LogP contribution in [-0.4, -0.2) is 18.4 Å². The highest BCUT2D eigenvalue weighted by Crippen LogP contribution is 2.18. The summed E-state index contributed by atoms with van der Waals surface area (Å²) in [6.07, 6.45) is 1.78. The molecule has 0 bridgehead atoms. The van der Waals surface area contributed by atoms with Gasteiger partial charge >= 0.3 is 0 Å². The third-order valence-electron chi connectivity index (χ3n) is 3.94. The summed E-state index contributed by atoms with van der Waals surface area (Å²) in [7, 11) is 0. The molecule has 0 unspecified atom stereocenters. The molecule has 0 atom stereocenters. The fraction of sp³-hybridized carbons (Fsp3) is 0.143. The van der Waals surface area contributed by atoms with Crippen LogP contribution in [-0.2, 0) is 6.42 Å². The molecule has 0 spiro atoms. The monoisotopic (exact) mass is 364 g/mol. The van der Waals surface area contributed by atoms with Crippen LogP contribution in [0.15, 0.2) is 72.1 Å². The van der Waals surface area contributed by atoms with Gasteiger partial charge in [0.2, 0.25) is 0 Å². The fourth-order valence-electron chi connectivity index (χ4n) is 2.62. The van der Waals surface area contributed by atoms with Gasteiger partial charge in [-0.05, 0) is 42.0 Å². The van der Waals surface area contributed by atoms with Gasteiger partial charge in [0.05, 0.1) is 16.1 Å². The average molecular weight is 364 g/mol. The van der Waals surface area contributed by atoms with Gasteiger partial charge in [-0.2, -0.15) is 0 Å². The molecular formula is C21H20N2O2S. The molecular weight excluding hydrogens is 344 g/mol. The number of carbonyl (C=O) groups is 2. The Morgan fingerprint density at radius 3 is 2.38 bits per heavy atom. The number of thiophene rings is 1. The molecule has 0 saturated carbocycles.